The maximum Gasteiger partial charge on any atom is 0.262 e. The molecule has 1 fully saturated rings. The van der Waals surface area contributed by atoms with Gasteiger partial charge in [-0.05, 0) is 112 Å². The number of thiazole rings is 1. The van der Waals surface area contributed by atoms with Gasteiger partial charge in [-0.1, -0.05) is 36.7 Å². The monoisotopic (exact) mass is 707 g/mol. The SMILES string of the molecule is C=S1(=O)NC(=O)c2ccc3c(c2)N(C[C@@H]2CC[C@H]2[C@](OC)(c2csc(C)n2)/C=C/C[C@H](C)[C@H]1C)C[C@@]1(CCCc2cc(Cl)ccc21)CO3. The molecular formula is C38H46ClN3O4S2. The summed E-state index contributed by atoms with van der Waals surface area (Å²) < 4.78 is 30.0. The zero-order valence-corrected chi connectivity index (χ0v) is 30.7. The number of carbonyl (C=O) groups excluding carboxylic acids is 1. The lowest BCUT2D eigenvalue weighted by molar-refractivity contribution is -0.0828. The Balaban J connectivity index is 1.36. The minimum Gasteiger partial charge on any atom is -0.490 e. The summed E-state index contributed by atoms with van der Waals surface area (Å²) in [5, 5.41) is 3.56. The van der Waals surface area contributed by atoms with E-state index in [9.17, 15) is 9.00 Å². The van der Waals surface area contributed by atoms with Crippen LogP contribution in [0.4, 0.5) is 5.69 Å². The predicted octanol–water partition coefficient (Wildman–Crippen LogP) is 7.49. The highest BCUT2D eigenvalue weighted by atomic mass is 35.5. The van der Waals surface area contributed by atoms with Gasteiger partial charge < -0.3 is 14.4 Å². The molecule has 256 valence electrons. The normalized spacial score (nSPS) is 34.2. The Kier molecular flexibility index (Phi) is 8.97. The van der Waals surface area contributed by atoms with E-state index in [1.807, 2.05) is 32.0 Å². The lowest BCUT2D eigenvalue weighted by Gasteiger charge is -2.50. The Bertz CT molecular complexity index is 1860. The number of carbonyl (C=O) groups is 1. The molecule has 1 spiro atoms. The van der Waals surface area contributed by atoms with Crippen molar-refractivity contribution in [2.45, 2.75) is 75.6 Å². The van der Waals surface area contributed by atoms with E-state index >= 15 is 0 Å². The molecule has 1 unspecified atom stereocenters. The molecule has 7 rings (SSSR count). The van der Waals surface area contributed by atoms with Gasteiger partial charge in [0, 0.05) is 52.7 Å². The Morgan fingerprint density at radius 3 is 2.77 bits per heavy atom. The first-order chi connectivity index (χ1) is 22.9. The number of anilines is 1. The van der Waals surface area contributed by atoms with E-state index in [-0.39, 0.29) is 28.4 Å². The molecule has 1 amide bonds. The number of rotatable bonds is 2. The van der Waals surface area contributed by atoms with Crippen LogP contribution in [0.1, 0.15) is 78.1 Å². The van der Waals surface area contributed by atoms with E-state index in [0.29, 0.717) is 24.5 Å². The second kappa shape index (κ2) is 12.8. The number of benzene rings is 2. The molecule has 1 aromatic heterocycles. The highest BCUT2D eigenvalue weighted by molar-refractivity contribution is 7.99. The highest BCUT2D eigenvalue weighted by Gasteiger charge is 2.51. The molecule has 1 saturated carbocycles. The van der Waals surface area contributed by atoms with Gasteiger partial charge >= 0.3 is 0 Å². The lowest BCUT2D eigenvalue weighted by Crippen LogP contribution is -2.52. The molecule has 2 aromatic carbocycles. The van der Waals surface area contributed by atoms with Gasteiger partial charge in [-0.3, -0.25) is 9.52 Å². The van der Waals surface area contributed by atoms with Crippen LogP contribution in [0.5, 0.6) is 5.75 Å². The van der Waals surface area contributed by atoms with Gasteiger partial charge in [-0.25, -0.2) is 9.19 Å². The fourth-order valence-electron chi connectivity index (χ4n) is 8.49. The number of nitrogens with one attached hydrogen (secondary N) is 1. The first kappa shape index (κ1) is 33.6. The van der Waals surface area contributed by atoms with Gasteiger partial charge in [0.15, 0.2) is 0 Å². The van der Waals surface area contributed by atoms with E-state index in [1.165, 1.54) is 11.1 Å². The highest BCUT2D eigenvalue weighted by Crippen LogP contribution is 2.52. The average molecular weight is 708 g/mol. The molecule has 2 aliphatic heterocycles. The van der Waals surface area contributed by atoms with E-state index in [4.69, 9.17) is 26.1 Å². The number of hydrogen-bond acceptors (Lipinski definition) is 7. The van der Waals surface area contributed by atoms with Crippen LogP contribution in [-0.2, 0) is 31.9 Å². The van der Waals surface area contributed by atoms with Gasteiger partial charge in [-0.2, -0.15) is 0 Å². The van der Waals surface area contributed by atoms with E-state index in [1.54, 1.807) is 24.5 Å². The van der Waals surface area contributed by atoms with Crippen molar-refractivity contribution in [2.24, 2.45) is 17.8 Å². The minimum atomic E-state index is -2.96. The summed E-state index contributed by atoms with van der Waals surface area (Å²) in [5.41, 5.74) is 3.95. The second-order valence-corrected chi connectivity index (χ2v) is 18.4. The van der Waals surface area contributed by atoms with Crippen LogP contribution >= 0.6 is 22.9 Å². The zero-order valence-electron chi connectivity index (χ0n) is 28.3. The number of amides is 1. The maximum atomic E-state index is 13.9. The molecule has 7 atom stereocenters. The summed E-state index contributed by atoms with van der Waals surface area (Å²) in [7, 11) is -1.16. The summed E-state index contributed by atoms with van der Waals surface area (Å²) in [5.74, 6) is 4.93. The molecule has 2 bridgehead atoms. The third-order valence-electron chi connectivity index (χ3n) is 11.6. The molecule has 2 aliphatic carbocycles. The number of halogens is 1. The van der Waals surface area contributed by atoms with Crippen molar-refractivity contribution in [3.05, 3.63) is 86.3 Å². The quantitative estimate of drug-likeness (QED) is 0.220. The largest absolute Gasteiger partial charge is 0.490 e. The average Bonchev–Trinajstić information content (AvgIpc) is 3.43. The van der Waals surface area contributed by atoms with Crippen molar-refractivity contribution in [1.29, 1.82) is 0 Å². The van der Waals surface area contributed by atoms with Crippen LogP contribution in [-0.4, -0.2) is 53.0 Å². The van der Waals surface area contributed by atoms with Crippen molar-refractivity contribution in [3.8, 4) is 5.75 Å². The molecule has 1 N–H and O–H groups in total. The molecule has 10 heteroatoms. The van der Waals surface area contributed by atoms with Gasteiger partial charge in [0.2, 0.25) is 0 Å². The number of fused-ring (bicyclic) bond motifs is 4. The number of nitrogens with zero attached hydrogens (tertiary/aromatic N) is 2. The van der Waals surface area contributed by atoms with Crippen molar-refractivity contribution in [3.63, 3.8) is 0 Å². The number of allylic oxidation sites excluding steroid dienone is 1. The topological polar surface area (TPSA) is 80.8 Å². The smallest absolute Gasteiger partial charge is 0.262 e. The molecule has 3 aromatic rings. The molecule has 7 nitrogen and oxygen atoms in total. The first-order valence-corrected chi connectivity index (χ1v) is 20.1. The number of aromatic nitrogens is 1. The summed E-state index contributed by atoms with van der Waals surface area (Å²) in [6, 6.07) is 11.9. The second-order valence-electron chi connectivity index (χ2n) is 14.5. The van der Waals surface area contributed by atoms with Crippen molar-refractivity contribution in [1.82, 2.24) is 9.71 Å². The third kappa shape index (κ3) is 5.88. The fraction of sp³-hybridized carbons (Fsp3) is 0.500. The Morgan fingerprint density at radius 1 is 1.21 bits per heavy atom. The summed E-state index contributed by atoms with van der Waals surface area (Å²) in [4.78, 5) is 21.1. The van der Waals surface area contributed by atoms with Gasteiger partial charge in [0.05, 0.1) is 32.7 Å². The Morgan fingerprint density at radius 2 is 2.04 bits per heavy atom. The standard InChI is InChI=1S/C38H46ClN3O4S2/c1-24-8-6-17-38(45-4,35-21-47-26(3)40-35)32-13-10-29(32)20-42-22-37(16-7-9-27-18-30(39)12-14-31(27)37)23-46-34-15-11-28(19-33(34)42)36(43)41-48(5,44)25(24)2/h6,11-12,14-15,17-19,21,24-25,29,32H,5,7-10,13,16,20,22-23H2,1-4H3,(H,41,43,44)/b17-6+/t24-,25+,29-,32+,37-,38-,48?/m0/s1. The number of methoxy groups -OCH3 is 1. The van der Waals surface area contributed by atoms with E-state index in [2.05, 4.69) is 52.1 Å². The van der Waals surface area contributed by atoms with Gasteiger partial charge in [-0.15, -0.1) is 11.3 Å². The fourth-order valence-corrected chi connectivity index (χ4v) is 10.8. The molecule has 3 heterocycles. The predicted molar refractivity (Wildman–Crippen MR) is 197 cm³/mol. The van der Waals surface area contributed by atoms with Crippen LogP contribution in [0, 0.1) is 24.7 Å². The van der Waals surface area contributed by atoms with Crippen LogP contribution in [0.25, 0.3) is 0 Å². The number of hydrogen-bond donors (Lipinski definition) is 1. The molecular weight excluding hydrogens is 662 g/mol. The number of aryl methyl sites for hydroxylation is 2. The van der Waals surface area contributed by atoms with Crippen LogP contribution < -0.4 is 14.4 Å². The Hall–Kier alpha value is -2.85. The summed E-state index contributed by atoms with van der Waals surface area (Å²) in [6.07, 6.45) is 10.2. The van der Waals surface area contributed by atoms with Crippen LogP contribution in [0.3, 0.4) is 0 Å². The number of ether oxygens (including phenoxy) is 2. The molecule has 0 saturated heterocycles. The minimum absolute atomic E-state index is 0.00347. The third-order valence-corrected chi connectivity index (χ3v) is 14.8. The summed E-state index contributed by atoms with van der Waals surface area (Å²) in [6.45, 7) is 8.07. The van der Waals surface area contributed by atoms with Gasteiger partial charge in [0.1, 0.15) is 11.4 Å². The van der Waals surface area contributed by atoms with Crippen LogP contribution in [0.2, 0.25) is 5.02 Å². The maximum absolute atomic E-state index is 13.9. The van der Waals surface area contributed by atoms with Gasteiger partial charge in [0.25, 0.3) is 5.91 Å². The van der Waals surface area contributed by atoms with Crippen LogP contribution in [0.15, 0.2) is 53.9 Å². The van der Waals surface area contributed by atoms with E-state index in [0.717, 1.165) is 72.4 Å². The van der Waals surface area contributed by atoms with Crippen molar-refractivity contribution < 1.29 is 18.5 Å². The molecule has 0 radical (unpaired) electrons. The molecule has 48 heavy (non-hydrogen) atoms. The van der Waals surface area contributed by atoms with Crippen molar-refractivity contribution in [2.75, 3.05) is 31.7 Å². The molecule has 4 aliphatic rings. The van der Waals surface area contributed by atoms with Crippen molar-refractivity contribution >= 4 is 50.1 Å². The lowest BCUT2D eigenvalue weighted by atomic mass is 9.63. The summed E-state index contributed by atoms with van der Waals surface area (Å²) >= 11 is 8.13. The first-order valence-electron chi connectivity index (χ1n) is 17.1. The Labute approximate surface area is 294 Å². The van der Waals surface area contributed by atoms with E-state index < -0.39 is 15.3 Å². The zero-order chi connectivity index (χ0) is 33.8.